The predicted octanol–water partition coefficient (Wildman–Crippen LogP) is 2.75. The zero-order valence-corrected chi connectivity index (χ0v) is 11.2. The molecule has 0 spiro atoms. The third kappa shape index (κ3) is 2.82. The Morgan fingerprint density at radius 1 is 1.30 bits per heavy atom. The Balaban J connectivity index is 2.37. The highest BCUT2D eigenvalue weighted by molar-refractivity contribution is 5.60. The van der Waals surface area contributed by atoms with E-state index in [1.165, 1.54) is 7.11 Å². The highest BCUT2D eigenvalue weighted by atomic mass is 19.3. The number of nitrogens with one attached hydrogen (secondary N) is 1. The van der Waals surface area contributed by atoms with Gasteiger partial charge in [0, 0.05) is 31.5 Å². The van der Waals surface area contributed by atoms with Crippen molar-refractivity contribution in [1.29, 1.82) is 0 Å². The normalized spacial score (nSPS) is 21.9. The third-order valence-electron chi connectivity index (χ3n) is 3.45. The second-order valence-corrected chi connectivity index (χ2v) is 4.75. The van der Waals surface area contributed by atoms with Crippen molar-refractivity contribution in [1.82, 2.24) is 5.32 Å². The molecule has 1 N–H and O–H groups in total. The molecule has 0 amide bonds. The van der Waals surface area contributed by atoms with Gasteiger partial charge in [0.15, 0.2) is 11.6 Å². The first-order valence-electron chi connectivity index (χ1n) is 6.23. The Bertz CT molecular complexity index is 496. The Hall–Kier alpha value is -1.50. The fraction of sp³-hybridized carbons (Fsp3) is 0.538. The first-order chi connectivity index (χ1) is 9.38. The van der Waals surface area contributed by atoms with E-state index < -0.39 is 30.1 Å². The SMILES string of the molecule is CNC1CC(F)(F)CCN1c1cc(F)c(F)cc1OC. The summed E-state index contributed by atoms with van der Waals surface area (Å²) >= 11 is 0. The highest BCUT2D eigenvalue weighted by Gasteiger charge is 2.40. The van der Waals surface area contributed by atoms with Gasteiger partial charge >= 0.3 is 0 Å². The van der Waals surface area contributed by atoms with Crippen molar-refractivity contribution in [3.63, 3.8) is 0 Å². The second kappa shape index (κ2) is 5.47. The van der Waals surface area contributed by atoms with E-state index in [-0.39, 0.29) is 24.4 Å². The van der Waals surface area contributed by atoms with E-state index in [0.717, 1.165) is 12.1 Å². The molecule has 1 saturated heterocycles. The predicted molar refractivity (Wildman–Crippen MR) is 67.3 cm³/mol. The minimum absolute atomic E-state index is 0.0277. The highest BCUT2D eigenvalue weighted by Crippen LogP contribution is 2.38. The molecule has 2 rings (SSSR count). The standard InChI is InChI=1S/C13H16F4N2O/c1-18-12-7-13(16,17)3-4-19(12)10-5-8(14)9(15)6-11(10)20-2/h5-6,12,18H,3-4,7H2,1-2H3. The third-order valence-corrected chi connectivity index (χ3v) is 3.45. The number of rotatable bonds is 3. The van der Waals surface area contributed by atoms with E-state index in [4.69, 9.17) is 4.74 Å². The van der Waals surface area contributed by atoms with Gasteiger partial charge in [-0.2, -0.15) is 0 Å². The zero-order chi connectivity index (χ0) is 14.9. The van der Waals surface area contributed by atoms with E-state index in [0.29, 0.717) is 0 Å². The molecule has 20 heavy (non-hydrogen) atoms. The maximum Gasteiger partial charge on any atom is 0.253 e. The van der Waals surface area contributed by atoms with Crippen LogP contribution in [0.1, 0.15) is 12.8 Å². The van der Waals surface area contributed by atoms with Gasteiger partial charge in [-0.15, -0.1) is 0 Å². The molecule has 1 aromatic carbocycles. The van der Waals surface area contributed by atoms with Gasteiger partial charge in [-0.05, 0) is 7.05 Å². The summed E-state index contributed by atoms with van der Waals surface area (Å²) < 4.78 is 58.5. The summed E-state index contributed by atoms with van der Waals surface area (Å²) in [5.74, 6) is -4.72. The first kappa shape index (κ1) is 14.9. The van der Waals surface area contributed by atoms with Crippen LogP contribution in [0.3, 0.4) is 0 Å². The minimum Gasteiger partial charge on any atom is -0.494 e. The molecule has 0 saturated carbocycles. The van der Waals surface area contributed by atoms with Crippen molar-refractivity contribution >= 4 is 5.69 Å². The smallest absolute Gasteiger partial charge is 0.253 e. The number of nitrogens with zero attached hydrogens (tertiary/aromatic N) is 1. The molecule has 1 aromatic rings. The van der Waals surface area contributed by atoms with Crippen LogP contribution >= 0.6 is 0 Å². The molecule has 0 aliphatic carbocycles. The van der Waals surface area contributed by atoms with Crippen molar-refractivity contribution < 1.29 is 22.3 Å². The van der Waals surface area contributed by atoms with Gasteiger partial charge in [0.1, 0.15) is 5.75 Å². The summed E-state index contributed by atoms with van der Waals surface area (Å²) in [6, 6.07) is 1.89. The zero-order valence-electron chi connectivity index (χ0n) is 11.2. The molecule has 7 heteroatoms. The Labute approximate surface area is 114 Å². The fourth-order valence-electron chi connectivity index (χ4n) is 2.39. The molecule has 1 aliphatic rings. The van der Waals surface area contributed by atoms with Gasteiger partial charge in [0.05, 0.1) is 19.0 Å². The molecule has 1 atom stereocenters. The van der Waals surface area contributed by atoms with Gasteiger partial charge in [-0.1, -0.05) is 0 Å². The maximum atomic E-state index is 13.4. The molecule has 1 heterocycles. The molecule has 1 aliphatic heterocycles. The number of halogens is 4. The van der Waals surface area contributed by atoms with Crippen LogP contribution in [0.5, 0.6) is 5.75 Å². The quantitative estimate of drug-likeness (QED) is 0.867. The number of anilines is 1. The lowest BCUT2D eigenvalue weighted by atomic mass is 10.0. The van der Waals surface area contributed by atoms with Crippen molar-refractivity contribution in [3.05, 3.63) is 23.8 Å². The number of hydrogen-bond acceptors (Lipinski definition) is 3. The molecule has 0 aromatic heterocycles. The summed E-state index contributed by atoms with van der Waals surface area (Å²) in [6.45, 7) is 0.0277. The van der Waals surface area contributed by atoms with Gasteiger partial charge in [0.25, 0.3) is 5.92 Å². The van der Waals surface area contributed by atoms with E-state index in [9.17, 15) is 17.6 Å². The second-order valence-electron chi connectivity index (χ2n) is 4.75. The van der Waals surface area contributed by atoms with E-state index in [2.05, 4.69) is 5.32 Å². The van der Waals surface area contributed by atoms with Gasteiger partial charge in [-0.3, -0.25) is 0 Å². The van der Waals surface area contributed by atoms with Crippen molar-refractivity contribution in [2.75, 3.05) is 25.6 Å². The van der Waals surface area contributed by atoms with Gasteiger partial charge in [0.2, 0.25) is 0 Å². The number of alkyl halides is 2. The number of ether oxygens (including phenoxy) is 1. The summed E-state index contributed by atoms with van der Waals surface area (Å²) in [6.07, 6.45) is -1.41. The molecular weight excluding hydrogens is 276 g/mol. The molecular formula is C13H16F4N2O. The summed E-state index contributed by atoms with van der Waals surface area (Å²) in [7, 11) is 2.87. The monoisotopic (exact) mass is 292 g/mol. The Morgan fingerprint density at radius 3 is 2.55 bits per heavy atom. The number of benzene rings is 1. The first-order valence-corrected chi connectivity index (χ1v) is 6.23. The van der Waals surface area contributed by atoms with Crippen molar-refractivity contribution in [2.45, 2.75) is 24.9 Å². The van der Waals surface area contributed by atoms with Crippen LogP contribution in [0.2, 0.25) is 0 Å². The van der Waals surface area contributed by atoms with Gasteiger partial charge < -0.3 is 15.0 Å². The minimum atomic E-state index is -2.77. The summed E-state index contributed by atoms with van der Waals surface area (Å²) in [5, 5.41) is 2.77. The molecule has 1 fully saturated rings. The molecule has 1 unspecified atom stereocenters. The lowest BCUT2D eigenvalue weighted by Gasteiger charge is -2.41. The molecule has 0 bridgehead atoms. The van der Waals surface area contributed by atoms with Crippen molar-refractivity contribution in [2.24, 2.45) is 0 Å². The van der Waals surface area contributed by atoms with Crippen LogP contribution in [0, 0.1) is 11.6 Å². The number of methoxy groups -OCH3 is 1. The Morgan fingerprint density at radius 2 is 1.95 bits per heavy atom. The summed E-state index contributed by atoms with van der Waals surface area (Å²) in [5.41, 5.74) is 0.265. The van der Waals surface area contributed by atoms with Gasteiger partial charge in [-0.25, -0.2) is 17.6 Å². The van der Waals surface area contributed by atoms with E-state index in [1.807, 2.05) is 0 Å². The van der Waals surface area contributed by atoms with Crippen LogP contribution in [0.25, 0.3) is 0 Å². The van der Waals surface area contributed by atoms with E-state index >= 15 is 0 Å². The largest absolute Gasteiger partial charge is 0.494 e. The van der Waals surface area contributed by atoms with Crippen LogP contribution in [-0.2, 0) is 0 Å². The lowest BCUT2D eigenvalue weighted by molar-refractivity contribution is -0.0366. The van der Waals surface area contributed by atoms with Crippen LogP contribution < -0.4 is 15.0 Å². The van der Waals surface area contributed by atoms with Crippen molar-refractivity contribution in [3.8, 4) is 5.75 Å². The van der Waals surface area contributed by atoms with Crippen LogP contribution in [-0.4, -0.2) is 32.8 Å². The topological polar surface area (TPSA) is 24.5 Å². The number of piperidine rings is 1. The molecule has 3 nitrogen and oxygen atoms in total. The maximum absolute atomic E-state index is 13.4. The lowest BCUT2D eigenvalue weighted by Crippen LogP contribution is -2.53. The van der Waals surface area contributed by atoms with E-state index in [1.54, 1.807) is 11.9 Å². The molecule has 112 valence electrons. The fourth-order valence-corrected chi connectivity index (χ4v) is 2.39. The summed E-state index contributed by atoms with van der Waals surface area (Å²) in [4.78, 5) is 1.57. The number of hydrogen-bond donors (Lipinski definition) is 1. The van der Waals surface area contributed by atoms with Crippen LogP contribution in [0.4, 0.5) is 23.2 Å². The molecule has 0 radical (unpaired) electrons. The Kier molecular flexibility index (Phi) is 4.08. The average molecular weight is 292 g/mol. The van der Waals surface area contributed by atoms with Crippen LogP contribution in [0.15, 0.2) is 12.1 Å². The average Bonchev–Trinajstić information content (AvgIpc) is 2.40.